The van der Waals surface area contributed by atoms with Crippen LogP contribution in [0, 0.1) is 6.92 Å². The highest BCUT2D eigenvalue weighted by molar-refractivity contribution is 7.90. The van der Waals surface area contributed by atoms with Crippen LogP contribution in [0.5, 0.6) is 0 Å². The maximum atomic E-state index is 12.7. The van der Waals surface area contributed by atoms with E-state index in [0.29, 0.717) is 23.2 Å². The van der Waals surface area contributed by atoms with Gasteiger partial charge in [-0.2, -0.15) is 17.5 Å². The van der Waals surface area contributed by atoms with Gasteiger partial charge in [-0.3, -0.25) is 4.99 Å². The molecule has 30 heavy (non-hydrogen) atoms. The van der Waals surface area contributed by atoms with Gasteiger partial charge in [0.1, 0.15) is 5.65 Å². The van der Waals surface area contributed by atoms with Crippen molar-refractivity contribution in [3.63, 3.8) is 0 Å². The van der Waals surface area contributed by atoms with Crippen LogP contribution in [0.1, 0.15) is 24.1 Å². The summed E-state index contributed by atoms with van der Waals surface area (Å²) < 4.78 is 63.5. The molecule has 1 saturated heterocycles. The molecule has 8 nitrogen and oxygen atoms in total. The number of guanidine groups is 1. The van der Waals surface area contributed by atoms with Crippen LogP contribution < -0.4 is 10.6 Å². The van der Waals surface area contributed by atoms with E-state index in [4.69, 9.17) is 0 Å². The van der Waals surface area contributed by atoms with Crippen molar-refractivity contribution in [2.24, 2.45) is 4.99 Å². The van der Waals surface area contributed by atoms with Crippen LogP contribution in [0.4, 0.5) is 13.2 Å². The first-order chi connectivity index (χ1) is 14.1. The maximum absolute atomic E-state index is 12.7. The van der Waals surface area contributed by atoms with Crippen molar-refractivity contribution in [1.82, 2.24) is 24.3 Å². The summed E-state index contributed by atoms with van der Waals surface area (Å²) >= 11 is 0. The van der Waals surface area contributed by atoms with E-state index in [0.717, 1.165) is 16.9 Å². The number of nitrogens with one attached hydrogen (secondary N) is 2. The van der Waals surface area contributed by atoms with Gasteiger partial charge in [0.2, 0.25) is 0 Å². The minimum Gasteiger partial charge on any atom is -0.356 e. The first kappa shape index (κ1) is 22.3. The molecule has 2 aromatic rings. The molecule has 0 bridgehead atoms. The number of hydrogen-bond acceptors (Lipinski definition) is 4. The fraction of sp³-hybridized carbons (Fsp3) is 0.556. The van der Waals surface area contributed by atoms with Crippen LogP contribution in [-0.2, 0) is 16.4 Å². The van der Waals surface area contributed by atoms with Crippen LogP contribution in [0.25, 0.3) is 5.65 Å². The Morgan fingerprint density at radius 3 is 2.63 bits per heavy atom. The number of piperidine rings is 1. The Kier molecular flexibility index (Phi) is 6.56. The largest absolute Gasteiger partial charge is 0.511 e. The molecular weight excluding hydrogens is 421 g/mol. The Balaban J connectivity index is 1.48. The number of nitrogens with zero attached hydrogens (tertiary/aromatic N) is 4. The zero-order valence-corrected chi connectivity index (χ0v) is 17.6. The molecule has 0 saturated carbocycles. The second-order valence-electron chi connectivity index (χ2n) is 7.17. The molecule has 0 radical (unpaired) electrons. The molecule has 0 spiro atoms. The van der Waals surface area contributed by atoms with Crippen LogP contribution in [-0.4, -0.2) is 66.3 Å². The van der Waals surface area contributed by atoms with E-state index in [-0.39, 0.29) is 32.0 Å². The minimum absolute atomic E-state index is 0.159. The lowest BCUT2D eigenvalue weighted by Crippen LogP contribution is -2.51. The van der Waals surface area contributed by atoms with Crippen molar-refractivity contribution >= 4 is 21.6 Å². The third-order valence-corrected chi connectivity index (χ3v) is 6.68. The Bertz CT molecular complexity index is 1010. The molecule has 1 aliphatic heterocycles. The number of pyridine rings is 1. The van der Waals surface area contributed by atoms with Gasteiger partial charge >= 0.3 is 15.5 Å². The normalized spacial score (nSPS) is 17.4. The highest BCUT2D eigenvalue weighted by Crippen LogP contribution is 2.28. The Hall–Kier alpha value is -2.34. The first-order valence-electron chi connectivity index (χ1n) is 9.58. The number of imidazole rings is 1. The van der Waals surface area contributed by atoms with Crippen molar-refractivity contribution in [1.29, 1.82) is 0 Å². The third-order valence-electron chi connectivity index (χ3n) is 5.05. The van der Waals surface area contributed by atoms with E-state index in [1.807, 2.05) is 35.9 Å². The van der Waals surface area contributed by atoms with Gasteiger partial charge in [-0.15, -0.1) is 0 Å². The van der Waals surface area contributed by atoms with Crippen molar-refractivity contribution in [3.05, 3.63) is 35.8 Å². The Morgan fingerprint density at radius 2 is 2.03 bits per heavy atom. The van der Waals surface area contributed by atoms with Gasteiger partial charge in [0.05, 0.1) is 5.69 Å². The lowest BCUT2D eigenvalue weighted by atomic mass is 10.1. The van der Waals surface area contributed by atoms with Crippen LogP contribution in [0.3, 0.4) is 0 Å². The minimum atomic E-state index is -5.27. The lowest BCUT2D eigenvalue weighted by molar-refractivity contribution is -0.0494. The van der Waals surface area contributed by atoms with E-state index in [9.17, 15) is 21.6 Å². The van der Waals surface area contributed by atoms with Crippen LogP contribution >= 0.6 is 0 Å². The van der Waals surface area contributed by atoms with Gasteiger partial charge in [0.25, 0.3) is 0 Å². The molecule has 1 aliphatic rings. The molecule has 0 aliphatic carbocycles. The average molecular weight is 446 g/mol. The standard InChI is InChI=1S/C18H25F3N6O2S/c1-13-4-3-9-26-12-15(24-16(13)26)5-8-23-17(22-2)25-14-6-10-27(11-7-14)30(28,29)18(19,20)21/h3-4,9,12,14H,5-8,10-11H2,1-2H3,(H2,22,23,25). The summed E-state index contributed by atoms with van der Waals surface area (Å²) in [6, 6.07) is 3.80. The maximum Gasteiger partial charge on any atom is 0.511 e. The summed E-state index contributed by atoms with van der Waals surface area (Å²) in [5.74, 6) is 0.520. The first-order valence-corrected chi connectivity index (χ1v) is 11.0. The number of hydrogen-bond donors (Lipinski definition) is 2. The highest BCUT2D eigenvalue weighted by Gasteiger charge is 2.50. The molecule has 0 amide bonds. The summed E-state index contributed by atoms with van der Waals surface area (Å²) in [5.41, 5.74) is -2.33. The predicted octanol–water partition coefficient (Wildman–Crippen LogP) is 1.66. The van der Waals surface area contributed by atoms with Gasteiger partial charge in [0.15, 0.2) is 5.96 Å². The molecule has 3 rings (SSSR count). The summed E-state index contributed by atoms with van der Waals surface area (Å²) in [6.45, 7) is 2.21. The van der Waals surface area contributed by atoms with E-state index < -0.39 is 15.5 Å². The molecule has 12 heteroatoms. The number of alkyl halides is 3. The lowest BCUT2D eigenvalue weighted by Gasteiger charge is -2.32. The summed E-state index contributed by atoms with van der Waals surface area (Å²) in [5, 5.41) is 6.32. The van der Waals surface area contributed by atoms with Crippen molar-refractivity contribution in [2.45, 2.75) is 37.7 Å². The summed E-state index contributed by atoms with van der Waals surface area (Å²) in [7, 11) is -3.66. The summed E-state index contributed by atoms with van der Waals surface area (Å²) in [6.07, 6.45) is 5.11. The van der Waals surface area contributed by atoms with Gasteiger partial charge in [-0.25, -0.2) is 13.4 Å². The predicted molar refractivity (Wildman–Crippen MR) is 108 cm³/mol. The monoisotopic (exact) mass is 446 g/mol. The SMILES string of the molecule is CN=C(NCCc1cn2cccc(C)c2n1)NC1CCN(S(=O)(=O)C(F)(F)F)CC1. The number of aryl methyl sites for hydroxylation is 1. The zero-order chi connectivity index (χ0) is 21.9. The molecule has 2 aromatic heterocycles. The third kappa shape index (κ3) is 4.86. The number of aliphatic imine (C=N–C) groups is 1. The van der Waals surface area contributed by atoms with Crippen LogP contribution in [0.2, 0.25) is 0 Å². The van der Waals surface area contributed by atoms with Gasteiger partial charge in [-0.1, -0.05) is 6.07 Å². The smallest absolute Gasteiger partial charge is 0.356 e. The molecule has 166 valence electrons. The molecule has 1 fully saturated rings. The number of aromatic nitrogens is 2. The fourth-order valence-electron chi connectivity index (χ4n) is 3.41. The number of rotatable bonds is 5. The van der Waals surface area contributed by atoms with Crippen molar-refractivity contribution in [2.75, 3.05) is 26.7 Å². The van der Waals surface area contributed by atoms with Gasteiger partial charge in [-0.05, 0) is 31.4 Å². The van der Waals surface area contributed by atoms with E-state index in [2.05, 4.69) is 20.6 Å². The molecule has 0 aromatic carbocycles. The molecule has 2 N–H and O–H groups in total. The van der Waals surface area contributed by atoms with Gasteiger partial charge < -0.3 is 15.0 Å². The highest BCUT2D eigenvalue weighted by atomic mass is 32.2. The van der Waals surface area contributed by atoms with Crippen molar-refractivity contribution < 1.29 is 21.6 Å². The summed E-state index contributed by atoms with van der Waals surface area (Å²) in [4.78, 5) is 8.74. The number of halogens is 3. The second-order valence-corrected chi connectivity index (χ2v) is 9.10. The molecule has 0 atom stereocenters. The van der Waals surface area contributed by atoms with Crippen LogP contribution in [0.15, 0.2) is 29.5 Å². The quantitative estimate of drug-likeness (QED) is 0.539. The number of sulfonamides is 1. The number of fused-ring (bicyclic) bond motifs is 1. The van der Waals surface area contributed by atoms with E-state index >= 15 is 0 Å². The molecule has 0 unspecified atom stereocenters. The Morgan fingerprint density at radius 1 is 1.33 bits per heavy atom. The average Bonchev–Trinajstić information content (AvgIpc) is 3.11. The second kappa shape index (κ2) is 8.80. The van der Waals surface area contributed by atoms with Crippen molar-refractivity contribution in [3.8, 4) is 0 Å². The topological polar surface area (TPSA) is 91.1 Å². The van der Waals surface area contributed by atoms with Gasteiger partial charge in [0, 0.05) is 51.5 Å². The molecule has 3 heterocycles. The molecular formula is C18H25F3N6O2S. The van der Waals surface area contributed by atoms with E-state index in [1.165, 1.54) is 0 Å². The Labute approximate surface area is 173 Å². The van der Waals surface area contributed by atoms with E-state index in [1.54, 1.807) is 7.05 Å². The zero-order valence-electron chi connectivity index (χ0n) is 16.8. The fourth-order valence-corrected chi connectivity index (χ4v) is 4.39.